The average Bonchev–Trinajstić information content (AvgIpc) is 3.33. The first-order valence-corrected chi connectivity index (χ1v) is 13.9. The molecule has 1 aliphatic heterocycles. The first kappa shape index (κ1) is 24.3. The minimum atomic E-state index is -3.64. The van der Waals surface area contributed by atoms with Crippen LogP contribution in [0.25, 0.3) is 11.3 Å². The van der Waals surface area contributed by atoms with Gasteiger partial charge in [0.15, 0.2) is 11.5 Å². The minimum Gasteiger partial charge on any atom is -0.454 e. The lowest BCUT2D eigenvalue weighted by atomic mass is 9.88. The van der Waals surface area contributed by atoms with Crippen molar-refractivity contribution in [3.8, 4) is 22.8 Å². The molecule has 9 nitrogen and oxygen atoms in total. The largest absolute Gasteiger partial charge is 0.454 e. The van der Waals surface area contributed by atoms with Gasteiger partial charge in [-0.25, -0.2) is 18.1 Å². The van der Waals surface area contributed by atoms with Crippen molar-refractivity contribution < 1.29 is 24.1 Å². The van der Waals surface area contributed by atoms with Crippen molar-refractivity contribution in [2.45, 2.75) is 36.0 Å². The number of benzene rings is 2. The number of ketones is 1. The number of carbonyl (C=O) groups excluding carboxylic acids is 1. The first-order valence-electron chi connectivity index (χ1n) is 12.4. The number of Topliss-reactive ketones (excluding diaryl/α,β-unsaturated/α-hetero) is 1. The Bertz CT molecular complexity index is 1590. The number of carbonyl (C=O) groups is 1. The zero-order valence-corrected chi connectivity index (χ0v) is 21.3. The number of imidazole rings is 1. The third-order valence-corrected chi connectivity index (χ3v) is 8.54. The van der Waals surface area contributed by atoms with Gasteiger partial charge in [0.25, 0.3) is 0 Å². The molecule has 3 heterocycles. The quantitative estimate of drug-likeness (QED) is 0.318. The second-order valence-corrected chi connectivity index (χ2v) is 11.3. The normalized spacial score (nSPS) is 15.4. The Hall–Kier alpha value is -4.02. The van der Waals surface area contributed by atoms with Crippen LogP contribution in [-0.4, -0.2) is 42.5 Å². The van der Waals surface area contributed by atoms with Gasteiger partial charge in [0, 0.05) is 44.0 Å². The molecule has 2 N–H and O–H groups in total. The summed E-state index contributed by atoms with van der Waals surface area (Å²) in [7, 11) is -3.64. The summed E-state index contributed by atoms with van der Waals surface area (Å²) in [5, 5.41) is 0. The van der Waals surface area contributed by atoms with Crippen LogP contribution in [-0.2, 0) is 33.1 Å². The van der Waals surface area contributed by atoms with Gasteiger partial charge in [0.1, 0.15) is 5.78 Å². The van der Waals surface area contributed by atoms with Gasteiger partial charge in [0.05, 0.1) is 22.3 Å². The molecule has 4 aromatic rings. The number of aromatic nitrogens is 3. The molecule has 2 aromatic carbocycles. The number of rotatable bonds is 10. The molecule has 38 heavy (non-hydrogen) atoms. The predicted octanol–water partition coefficient (Wildman–Crippen LogP) is 3.81. The fourth-order valence-corrected chi connectivity index (χ4v) is 5.78. The summed E-state index contributed by atoms with van der Waals surface area (Å²) >= 11 is 0. The highest BCUT2D eigenvalue weighted by Crippen LogP contribution is 2.51. The SMILES string of the molecule is O=C(Cc1cccc(-c2ccc(S(=O)(=O)NCCc3cnc[nH]3)cc2)n1)C1(c2ccc3c(c2)OCO3)CC1.[HH]. The number of nitrogens with zero attached hydrogens (tertiary/aromatic N) is 2. The molecule has 10 heteroatoms. The molecule has 2 aliphatic rings. The van der Waals surface area contributed by atoms with E-state index in [4.69, 9.17) is 14.5 Å². The predicted molar refractivity (Wildman–Crippen MR) is 141 cm³/mol. The van der Waals surface area contributed by atoms with Crippen molar-refractivity contribution in [3.05, 3.63) is 90.1 Å². The lowest BCUT2D eigenvalue weighted by Gasteiger charge is -2.15. The lowest BCUT2D eigenvalue weighted by Crippen LogP contribution is -2.26. The van der Waals surface area contributed by atoms with E-state index in [-0.39, 0.29) is 31.9 Å². The lowest BCUT2D eigenvalue weighted by molar-refractivity contribution is -0.120. The molecule has 0 atom stereocenters. The Labute approximate surface area is 221 Å². The first-order chi connectivity index (χ1) is 18.4. The maximum absolute atomic E-state index is 13.4. The van der Waals surface area contributed by atoms with Gasteiger partial charge in [-0.3, -0.25) is 9.78 Å². The molecule has 1 fully saturated rings. The van der Waals surface area contributed by atoms with Crippen molar-refractivity contribution in [3.63, 3.8) is 0 Å². The number of pyridine rings is 1. The van der Waals surface area contributed by atoms with E-state index < -0.39 is 15.4 Å². The molecule has 0 unspecified atom stereocenters. The van der Waals surface area contributed by atoms with Gasteiger partial charge in [-0.1, -0.05) is 24.3 Å². The summed E-state index contributed by atoms with van der Waals surface area (Å²) in [4.78, 5) is 25.1. The van der Waals surface area contributed by atoms with Crippen molar-refractivity contribution >= 4 is 15.8 Å². The topological polar surface area (TPSA) is 123 Å². The molecule has 0 saturated heterocycles. The van der Waals surface area contributed by atoms with Crippen LogP contribution >= 0.6 is 0 Å². The van der Waals surface area contributed by atoms with E-state index in [1.807, 2.05) is 36.4 Å². The molecule has 6 rings (SSSR count). The highest BCUT2D eigenvalue weighted by atomic mass is 32.2. The minimum absolute atomic E-state index is 0. The number of hydrogen-bond donors (Lipinski definition) is 2. The molecule has 2 aromatic heterocycles. The molecule has 1 aliphatic carbocycles. The molecular weight excluding hydrogens is 504 g/mol. The van der Waals surface area contributed by atoms with Crippen LogP contribution in [0.3, 0.4) is 0 Å². The van der Waals surface area contributed by atoms with Crippen LogP contribution in [0.4, 0.5) is 0 Å². The third-order valence-electron chi connectivity index (χ3n) is 7.06. The van der Waals surface area contributed by atoms with E-state index in [1.54, 1.807) is 36.8 Å². The maximum atomic E-state index is 13.4. The van der Waals surface area contributed by atoms with E-state index in [9.17, 15) is 13.2 Å². The summed E-state index contributed by atoms with van der Waals surface area (Å²) in [6.45, 7) is 0.462. The standard InChI is InChI=1S/C28H26N4O5S.H2/c33-27(28(11-12-28)20-6-9-25-26(14-20)37-18-36-25)15-21-2-1-3-24(32-21)19-4-7-23(8-5-19)38(34,35)31-13-10-22-16-29-17-30-22;/h1-9,14,16-17,31H,10-13,15,18H2,(H,29,30);1H. The molecule has 0 radical (unpaired) electrons. The Balaban J connectivity index is 0.00000308. The average molecular weight is 533 g/mol. The summed E-state index contributed by atoms with van der Waals surface area (Å²) in [6.07, 6.45) is 5.57. The van der Waals surface area contributed by atoms with Crippen LogP contribution < -0.4 is 14.2 Å². The Kier molecular flexibility index (Phi) is 6.21. The van der Waals surface area contributed by atoms with Crippen molar-refractivity contribution in [1.82, 2.24) is 19.7 Å². The van der Waals surface area contributed by atoms with Crippen LogP contribution in [0.2, 0.25) is 0 Å². The van der Waals surface area contributed by atoms with Crippen LogP contribution in [0.15, 0.2) is 78.1 Å². The third kappa shape index (κ3) is 4.80. The van der Waals surface area contributed by atoms with Crippen molar-refractivity contribution in [2.75, 3.05) is 13.3 Å². The number of aromatic amines is 1. The fraction of sp³-hybridized carbons (Fsp3) is 0.250. The highest BCUT2D eigenvalue weighted by molar-refractivity contribution is 7.89. The maximum Gasteiger partial charge on any atom is 0.240 e. The fourth-order valence-electron chi connectivity index (χ4n) is 4.75. The molecular formula is C28H28N4O5S. The van der Waals surface area contributed by atoms with Crippen LogP contribution in [0.1, 0.15) is 31.2 Å². The number of fused-ring (bicyclic) bond motifs is 1. The zero-order chi connectivity index (χ0) is 26.2. The Morgan fingerprint density at radius 2 is 1.87 bits per heavy atom. The van der Waals surface area contributed by atoms with Gasteiger partial charge >= 0.3 is 0 Å². The number of ether oxygens (including phenoxy) is 2. The summed E-state index contributed by atoms with van der Waals surface area (Å²) in [5.74, 6) is 1.51. The van der Waals surface area contributed by atoms with Crippen LogP contribution in [0.5, 0.6) is 11.5 Å². The smallest absolute Gasteiger partial charge is 0.240 e. The van der Waals surface area contributed by atoms with Crippen molar-refractivity contribution in [1.29, 1.82) is 0 Å². The molecule has 0 amide bonds. The summed E-state index contributed by atoms with van der Waals surface area (Å²) < 4.78 is 38.8. The van der Waals surface area contributed by atoms with E-state index in [2.05, 4.69) is 14.7 Å². The van der Waals surface area contributed by atoms with E-state index in [1.165, 1.54) is 0 Å². The number of H-pyrrole nitrogens is 1. The van der Waals surface area contributed by atoms with E-state index in [0.29, 0.717) is 29.3 Å². The Morgan fingerprint density at radius 1 is 1.05 bits per heavy atom. The molecule has 196 valence electrons. The number of nitrogens with one attached hydrogen (secondary N) is 2. The molecule has 0 spiro atoms. The van der Waals surface area contributed by atoms with Crippen LogP contribution in [0, 0.1) is 0 Å². The van der Waals surface area contributed by atoms with E-state index >= 15 is 0 Å². The second kappa shape index (κ2) is 9.70. The Morgan fingerprint density at radius 3 is 2.63 bits per heavy atom. The zero-order valence-electron chi connectivity index (χ0n) is 20.5. The monoisotopic (exact) mass is 532 g/mol. The van der Waals surface area contributed by atoms with Gasteiger partial charge in [-0.2, -0.15) is 0 Å². The number of sulfonamides is 1. The second-order valence-electron chi connectivity index (χ2n) is 9.51. The van der Waals surface area contributed by atoms with Gasteiger partial charge in [-0.05, 0) is 54.8 Å². The van der Waals surface area contributed by atoms with Gasteiger partial charge in [-0.15, -0.1) is 0 Å². The van der Waals surface area contributed by atoms with Crippen molar-refractivity contribution in [2.24, 2.45) is 0 Å². The van der Waals surface area contributed by atoms with Gasteiger partial charge < -0.3 is 14.5 Å². The summed E-state index contributed by atoms with van der Waals surface area (Å²) in [5.41, 5.74) is 3.44. The van der Waals surface area contributed by atoms with E-state index in [0.717, 1.165) is 29.7 Å². The molecule has 0 bridgehead atoms. The molecule has 1 saturated carbocycles. The highest BCUT2D eigenvalue weighted by Gasteiger charge is 2.51. The summed E-state index contributed by atoms with van der Waals surface area (Å²) in [6, 6.07) is 17.9. The number of hydrogen-bond acceptors (Lipinski definition) is 7. The van der Waals surface area contributed by atoms with Gasteiger partial charge in [0.2, 0.25) is 16.8 Å².